The number of nitrogens with zero attached hydrogens (tertiary/aromatic N) is 1. The monoisotopic (exact) mass is 214 g/mol. The summed E-state index contributed by atoms with van der Waals surface area (Å²) >= 11 is 0. The van der Waals surface area contributed by atoms with Gasteiger partial charge in [0.25, 0.3) is 0 Å². The first-order chi connectivity index (χ1) is 6.95. The lowest BCUT2D eigenvalue weighted by Gasteiger charge is -2.28. The molecule has 0 heterocycles. The highest BCUT2D eigenvalue weighted by atomic mass is 16.3. The molecule has 1 aliphatic rings. The van der Waals surface area contributed by atoms with E-state index in [4.69, 9.17) is 0 Å². The van der Waals surface area contributed by atoms with Gasteiger partial charge in [-0.3, -0.25) is 4.90 Å². The highest BCUT2D eigenvalue weighted by Gasteiger charge is 2.27. The van der Waals surface area contributed by atoms with Gasteiger partial charge in [0.1, 0.15) is 0 Å². The summed E-state index contributed by atoms with van der Waals surface area (Å²) in [5.41, 5.74) is -0.628. The van der Waals surface area contributed by atoms with Gasteiger partial charge >= 0.3 is 0 Å². The summed E-state index contributed by atoms with van der Waals surface area (Å²) in [5, 5.41) is 13.1. The maximum atomic E-state index is 9.75. The van der Waals surface area contributed by atoms with Crippen LogP contribution in [0.1, 0.15) is 40.5 Å². The minimum absolute atomic E-state index is 0.149. The van der Waals surface area contributed by atoms with Crippen molar-refractivity contribution in [2.45, 2.75) is 58.2 Å². The lowest BCUT2D eigenvalue weighted by Crippen LogP contribution is -2.47. The number of likely N-dealkylation sites (N-methyl/N-ethyl adjacent to an activating group) is 1. The van der Waals surface area contributed by atoms with E-state index in [-0.39, 0.29) is 6.04 Å². The molecule has 3 heteroatoms. The van der Waals surface area contributed by atoms with Crippen LogP contribution in [0, 0.1) is 0 Å². The van der Waals surface area contributed by atoms with Crippen LogP contribution in [-0.4, -0.2) is 47.3 Å². The summed E-state index contributed by atoms with van der Waals surface area (Å²) in [6.45, 7) is 11.2. The Morgan fingerprint density at radius 1 is 1.47 bits per heavy atom. The van der Waals surface area contributed by atoms with Gasteiger partial charge in [-0.2, -0.15) is 0 Å². The standard InChI is InChI=1S/C12H26N2O/c1-5-14(11-6-7-11)9-8-13-10(2)12(3,4)15/h10-11,13,15H,5-9H2,1-4H3. The molecular formula is C12H26N2O. The first-order valence-corrected chi connectivity index (χ1v) is 6.15. The van der Waals surface area contributed by atoms with Crippen molar-refractivity contribution in [2.75, 3.05) is 19.6 Å². The van der Waals surface area contributed by atoms with E-state index in [0.717, 1.165) is 25.7 Å². The van der Waals surface area contributed by atoms with E-state index in [0.29, 0.717) is 0 Å². The van der Waals surface area contributed by atoms with E-state index in [9.17, 15) is 5.11 Å². The molecule has 0 radical (unpaired) electrons. The third kappa shape index (κ3) is 4.49. The Morgan fingerprint density at radius 2 is 2.07 bits per heavy atom. The Kier molecular flexibility index (Phi) is 4.56. The van der Waals surface area contributed by atoms with E-state index in [2.05, 4.69) is 17.1 Å². The Hall–Kier alpha value is -0.120. The Morgan fingerprint density at radius 3 is 2.47 bits per heavy atom. The molecule has 0 aromatic rings. The van der Waals surface area contributed by atoms with Crippen LogP contribution in [-0.2, 0) is 0 Å². The maximum Gasteiger partial charge on any atom is 0.0741 e. The molecule has 1 atom stereocenters. The fourth-order valence-corrected chi connectivity index (χ4v) is 1.71. The molecule has 15 heavy (non-hydrogen) atoms. The van der Waals surface area contributed by atoms with Crippen molar-refractivity contribution in [2.24, 2.45) is 0 Å². The minimum Gasteiger partial charge on any atom is -0.389 e. The molecule has 1 saturated carbocycles. The molecule has 0 aliphatic heterocycles. The zero-order chi connectivity index (χ0) is 11.5. The number of aliphatic hydroxyl groups is 1. The molecule has 1 fully saturated rings. The predicted molar refractivity (Wildman–Crippen MR) is 64.0 cm³/mol. The molecule has 0 aromatic heterocycles. The summed E-state index contributed by atoms with van der Waals surface area (Å²) in [4.78, 5) is 2.52. The van der Waals surface area contributed by atoms with Gasteiger partial charge in [-0.1, -0.05) is 6.92 Å². The van der Waals surface area contributed by atoms with Crippen molar-refractivity contribution >= 4 is 0 Å². The molecule has 0 amide bonds. The fraction of sp³-hybridized carbons (Fsp3) is 1.00. The fourth-order valence-electron chi connectivity index (χ4n) is 1.71. The molecule has 3 nitrogen and oxygen atoms in total. The quantitative estimate of drug-likeness (QED) is 0.669. The molecule has 0 bridgehead atoms. The largest absolute Gasteiger partial charge is 0.389 e. The number of hydrogen-bond donors (Lipinski definition) is 2. The van der Waals surface area contributed by atoms with Crippen LogP contribution < -0.4 is 5.32 Å². The van der Waals surface area contributed by atoms with Crippen molar-refractivity contribution in [3.63, 3.8) is 0 Å². The van der Waals surface area contributed by atoms with E-state index in [1.807, 2.05) is 20.8 Å². The highest BCUT2D eigenvalue weighted by molar-refractivity contribution is 4.85. The zero-order valence-electron chi connectivity index (χ0n) is 10.6. The summed E-state index contributed by atoms with van der Waals surface area (Å²) in [6.07, 6.45) is 2.74. The van der Waals surface area contributed by atoms with Crippen molar-refractivity contribution in [3.05, 3.63) is 0 Å². The summed E-state index contributed by atoms with van der Waals surface area (Å²) in [7, 11) is 0. The average Bonchev–Trinajstić information content (AvgIpc) is 2.93. The molecular weight excluding hydrogens is 188 g/mol. The van der Waals surface area contributed by atoms with Crippen molar-refractivity contribution in [1.82, 2.24) is 10.2 Å². The normalized spacial score (nSPS) is 19.6. The van der Waals surface area contributed by atoms with Crippen molar-refractivity contribution < 1.29 is 5.11 Å². The van der Waals surface area contributed by atoms with E-state index < -0.39 is 5.60 Å². The second-order valence-electron chi connectivity index (χ2n) is 5.19. The Bertz CT molecular complexity index is 183. The van der Waals surface area contributed by atoms with Gasteiger partial charge in [0.15, 0.2) is 0 Å². The molecule has 2 N–H and O–H groups in total. The summed E-state index contributed by atoms with van der Waals surface area (Å²) in [6, 6.07) is 0.990. The molecule has 0 saturated heterocycles. The Labute approximate surface area is 93.9 Å². The zero-order valence-corrected chi connectivity index (χ0v) is 10.6. The topological polar surface area (TPSA) is 35.5 Å². The van der Waals surface area contributed by atoms with Gasteiger partial charge in [0, 0.05) is 25.2 Å². The van der Waals surface area contributed by atoms with Crippen LogP contribution in [0.25, 0.3) is 0 Å². The van der Waals surface area contributed by atoms with Gasteiger partial charge < -0.3 is 10.4 Å². The van der Waals surface area contributed by atoms with Crippen LogP contribution in [0.15, 0.2) is 0 Å². The van der Waals surface area contributed by atoms with Crippen LogP contribution >= 0.6 is 0 Å². The lowest BCUT2D eigenvalue weighted by molar-refractivity contribution is 0.0434. The smallest absolute Gasteiger partial charge is 0.0741 e. The Balaban J connectivity index is 2.14. The third-order valence-electron chi connectivity index (χ3n) is 3.38. The summed E-state index contributed by atoms with van der Waals surface area (Å²) < 4.78 is 0. The number of rotatable bonds is 7. The van der Waals surface area contributed by atoms with Gasteiger partial charge in [-0.25, -0.2) is 0 Å². The van der Waals surface area contributed by atoms with Crippen LogP contribution in [0.5, 0.6) is 0 Å². The lowest BCUT2D eigenvalue weighted by atomic mass is 10.0. The maximum absolute atomic E-state index is 9.75. The first-order valence-electron chi connectivity index (χ1n) is 6.15. The number of nitrogens with one attached hydrogen (secondary N) is 1. The van der Waals surface area contributed by atoms with Crippen molar-refractivity contribution in [3.8, 4) is 0 Å². The second-order valence-corrected chi connectivity index (χ2v) is 5.19. The molecule has 90 valence electrons. The van der Waals surface area contributed by atoms with Crippen LogP contribution in [0.4, 0.5) is 0 Å². The minimum atomic E-state index is -0.628. The van der Waals surface area contributed by atoms with Gasteiger partial charge in [0.05, 0.1) is 5.60 Å². The summed E-state index contributed by atoms with van der Waals surface area (Å²) in [5.74, 6) is 0. The van der Waals surface area contributed by atoms with E-state index >= 15 is 0 Å². The molecule has 1 aliphatic carbocycles. The molecule has 1 rings (SSSR count). The second kappa shape index (κ2) is 5.28. The van der Waals surface area contributed by atoms with E-state index in [1.54, 1.807) is 0 Å². The molecule has 1 unspecified atom stereocenters. The van der Waals surface area contributed by atoms with Crippen molar-refractivity contribution in [1.29, 1.82) is 0 Å². The SMILES string of the molecule is CCN(CCNC(C)C(C)(C)O)C1CC1. The van der Waals surface area contributed by atoms with Gasteiger partial charge in [-0.15, -0.1) is 0 Å². The number of hydrogen-bond acceptors (Lipinski definition) is 3. The van der Waals surface area contributed by atoms with Crippen LogP contribution in [0.2, 0.25) is 0 Å². The molecule has 0 aromatic carbocycles. The first kappa shape index (κ1) is 12.9. The van der Waals surface area contributed by atoms with E-state index in [1.165, 1.54) is 12.8 Å². The molecule has 0 spiro atoms. The van der Waals surface area contributed by atoms with Crippen LogP contribution in [0.3, 0.4) is 0 Å². The average molecular weight is 214 g/mol. The predicted octanol–water partition coefficient (Wildman–Crippen LogP) is 1.22. The highest BCUT2D eigenvalue weighted by Crippen LogP contribution is 2.25. The van der Waals surface area contributed by atoms with Gasteiger partial charge in [0.2, 0.25) is 0 Å². The van der Waals surface area contributed by atoms with Gasteiger partial charge in [-0.05, 0) is 40.2 Å². The third-order valence-corrected chi connectivity index (χ3v) is 3.38.